The molecule has 0 aromatic carbocycles. The van der Waals surface area contributed by atoms with Crippen LogP contribution in [0.15, 0.2) is 0 Å². The molecule has 13 heteroatoms. The summed E-state index contributed by atoms with van der Waals surface area (Å²) in [6.45, 7) is 2.51. The Morgan fingerprint density at radius 2 is 1.40 bits per heavy atom. The highest BCUT2D eigenvalue weighted by Gasteiger charge is 2.31. The molecule has 0 aromatic heterocycles. The van der Waals surface area contributed by atoms with E-state index in [0.717, 1.165) is 0 Å². The normalized spacial score (nSPS) is 14.9. The average Bonchev–Trinajstić information content (AvgIpc) is 2.66. The Bertz CT molecular complexity index is 631. The molecule has 0 saturated carbocycles. The molecule has 0 aliphatic carbocycles. The highest BCUT2D eigenvalue weighted by Crippen LogP contribution is 2.05. The van der Waals surface area contributed by atoms with Crippen LogP contribution in [-0.2, 0) is 24.0 Å². The number of aliphatic hydroxyl groups is 1. The fraction of sp³-hybridized carbons (Fsp3) is 0.706. The van der Waals surface area contributed by atoms with Crippen LogP contribution in [0.2, 0.25) is 0 Å². The Labute approximate surface area is 178 Å². The van der Waals surface area contributed by atoms with E-state index in [2.05, 4.69) is 16.0 Å². The highest BCUT2D eigenvalue weighted by atomic mass is 32.2. The van der Waals surface area contributed by atoms with E-state index in [1.807, 2.05) is 0 Å². The van der Waals surface area contributed by atoms with Gasteiger partial charge in [0.25, 0.3) is 0 Å². The number of nitrogens with one attached hydrogen (secondary N) is 3. The van der Waals surface area contributed by atoms with Crippen LogP contribution < -0.4 is 21.7 Å². The third-order valence-corrected chi connectivity index (χ3v) is 4.72. The second-order valence-corrected chi connectivity index (χ2v) is 7.84. The first kappa shape index (κ1) is 27.6. The van der Waals surface area contributed by atoms with Crippen LogP contribution in [0.1, 0.15) is 26.7 Å². The van der Waals surface area contributed by atoms with E-state index < -0.39 is 66.9 Å². The maximum Gasteiger partial charge on any atom is 0.328 e. The van der Waals surface area contributed by atoms with Crippen LogP contribution in [0, 0.1) is 5.92 Å². The zero-order chi connectivity index (χ0) is 23.4. The van der Waals surface area contributed by atoms with E-state index in [4.69, 9.17) is 21.1 Å². The summed E-state index contributed by atoms with van der Waals surface area (Å²) in [5.41, 5.74) is 5.72. The molecular formula is C17H30N4O8S. The number of amides is 3. The highest BCUT2D eigenvalue weighted by molar-refractivity contribution is 7.98. The van der Waals surface area contributed by atoms with Gasteiger partial charge >= 0.3 is 11.9 Å². The number of aliphatic hydroxyl groups excluding tert-OH is 1. The van der Waals surface area contributed by atoms with E-state index in [1.165, 1.54) is 11.8 Å². The van der Waals surface area contributed by atoms with E-state index in [9.17, 15) is 24.0 Å². The second kappa shape index (κ2) is 13.8. The number of carbonyl (C=O) groups is 5. The number of nitrogens with two attached hydrogens (primary N) is 1. The molecule has 0 aromatic rings. The van der Waals surface area contributed by atoms with Gasteiger partial charge in [-0.1, -0.05) is 13.8 Å². The largest absolute Gasteiger partial charge is 0.481 e. The molecule has 0 saturated heterocycles. The van der Waals surface area contributed by atoms with Gasteiger partial charge in [0.2, 0.25) is 17.7 Å². The predicted octanol–water partition coefficient (Wildman–Crippen LogP) is -2.27. The van der Waals surface area contributed by atoms with Gasteiger partial charge in [0.15, 0.2) is 0 Å². The third-order valence-electron chi connectivity index (χ3n) is 4.07. The van der Waals surface area contributed by atoms with Crippen molar-refractivity contribution in [1.29, 1.82) is 0 Å². The molecule has 3 amide bonds. The fourth-order valence-corrected chi connectivity index (χ4v) is 2.66. The van der Waals surface area contributed by atoms with Crippen molar-refractivity contribution in [2.45, 2.75) is 50.9 Å². The summed E-state index contributed by atoms with van der Waals surface area (Å²) < 4.78 is 0. The quantitative estimate of drug-likeness (QED) is 0.151. The zero-order valence-corrected chi connectivity index (χ0v) is 17.9. The standard InChI is InChI=1S/C17H30N4O8S/c1-8(2)13(18)16(27)20-10(6-12(23)24)15(26)19-9(4-5-30-3)14(25)21-11(7-22)17(28)29/h8-11,13,22H,4-7,18H2,1-3H3,(H,19,26)(H,20,27)(H,21,25)(H,23,24)(H,28,29). The molecule has 0 aliphatic heterocycles. The van der Waals surface area contributed by atoms with Crippen molar-refractivity contribution in [3.63, 3.8) is 0 Å². The van der Waals surface area contributed by atoms with Crippen molar-refractivity contribution in [2.24, 2.45) is 11.7 Å². The molecule has 0 spiro atoms. The first-order valence-corrected chi connectivity index (χ1v) is 10.5. The lowest BCUT2D eigenvalue weighted by Crippen LogP contribution is -2.58. The van der Waals surface area contributed by atoms with Crippen molar-refractivity contribution in [3.8, 4) is 0 Å². The van der Waals surface area contributed by atoms with Crippen molar-refractivity contribution in [1.82, 2.24) is 16.0 Å². The third kappa shape index (κ3) is 9.89. The molecule has 12 nitrogen and oxygen atoms in total. The number of carbonyl (C=O) groups excluding carboxylic acids is 3. The van der Waals surface area contributed by atoms with Crippen LogP contribution in [0.25, 0.3) is 0 Å². The van der Waals surface area contributed by atoms with E-state index >= 15 is 0 Å². The van der Waals surface area contributed by atoms with Gasteiger partial charge in [-0.2, -0.15) is 11.8 Å². The van der Waals surface area contributed by atoms with Crippen LogP contribution in [0.5, 0.6) is 0 Å². The van der Waals surface area contributed by atoms with Crippen molar-refractivity contribution >= 4 is 41.4 Å². The molecular weight excluding hydrogens is 420 g/mol. The summed E-state index contributed by atoms with van der Waals surface area (Å²) in [6.07, 6.45) is 1.12. The lowest BCUT2D eigenvalue weighted by molar-refractivity contribution is -0.144. The summed E-state index contributed by atoms with van der Waals surface area (Å²) in [5.74, 6) is -5.17. The SMILES string of the molecule is CSCCC(NC(=O)C(CC(=O)O)NC(=O)C(N)C(C)C)C(=O)NC(CO)C(=O)O. The number of rotatable bonds is 14. The van der Waals surface area contributed by atoms with E-state index in [-0.39, 0.29) is 12.3 Å². The maximum atomic E-state index is 12.6. The Kier molecular flexibility index (Phi) is 12.7. The summed E-state index contributed by atoms with van der Waals surface area (Å²) >= 11 is 1.36. The number of thioether (sulfide) groups is 1. The number of hydrogen-bond acceptors (Lipinski definition) is 8. The van der Waals surface area contributed by atoms with Gasteiger partial charge < -0.3 is 37.0 Å². The molecule has 30 heavy (non-hydrogen) atoms. The molecule has 0 bridgehead atoms. The molecule has 0 aliphatic rings. The van der Waals surface area contributed by atoms with E-state index in [1.54, 1.807) is 20.1 Å². The molecule has 172 valence electrons. The summed E-state index contributed by atoms with van der Waals surface area (Å²) in [7, 11) is 0. The molecule has 4 unspecified atom stereocenters. The monoisotopic (exact) mass is 450 g/mol. The zero-order valence-electron chi connectivity index (χ0n) is 17.1. The predicted molar refractivity (Wildman–Crippen MR) is 109 cm³/mol. The fourth-order valence-electron chi connectivity index (χ4n) is 2.19. The summed E-state index contributed by atoms with van der Waals surface area (Å²) in [4.78, 5) is 59.2. The summed E-state index contributed by atoms with van der Waals surface area (Å²) in [5, 5.41) is 33.8. The van der Waals surface area contributed by atoms with Crippen molar-refractivity contribution in [3.05, 3.63) is 0 Å². The Morgan fingerprint density at radius 3 is 1.83 bits per heavy atom. The lowest BCUT2D eigenvalue weighted by atomic mass is 10.0. The molecule has 8 N–H and O–H groups in total. The Morgan fingerprint density at radius 1 is 0.900 bits per heavy atom. The first-order chi connectivity index (χ1) is 13.9. The molecule has 0 heterocycles. The van der Waals surface area contributed by atoms with Gasteiger partial charge in [0.1, 0.15) is 18.1 Å². The van der Waals surface area contributed by atoms with Gasteiger partial charge in [-0.15, -0.1) is 0 Å². The number of hydrogen-bond donors (Lipinski definition) is 7. The molecule has 0 rings (SSSR count). The first-order valence-electron chi connectivity index (χ1n) is 9.15. The topological polar surface area (TPSA) is 208 Å². The number of aliphatic carboxylic acids is 2. The van der Waals surface area contributed by atoms with Gasteiger partial charge in [-0.05, 0) is 24.3 Å². The lowest BCUT2D eigenvalue weighted by Gasteiger charge is -2.24. The second-order valence-electron chi connectivity index (χ2n) is 6.85. The van der Waals surface area contributed by atoms with Crippen LogP contribution in [0.4, 0.5) is 0 Å². The van der Waals surface area contributed by atoms with Crippen molar-refractivity contribution < 1.29 is 39.3 Å². The minimum Gasteiger partial charge on any atom is -0.481 e. The van der Waals surface area contributed by atoms with Crippen LogP contribution >= 0.6 is 11.8 Å². The smallest absolute Gasteiger partial charge is 0.328 e. The van der Waals surface area contributed by atoms with Crippen LogP contribution in [0.3, 0.4) is 0 Å². The number of carboxylic acid groups (broad SMARTS) is 2. The van der Waals surface area contributed by atoms with Crippen molar-refractivity contribution in [2.75, 3.05) is 18.6 Å². The van der Waals surface area contributed by atoms with Gasteiger partial charge in [0, 0.05) is 0 Å². The number of carboxylic acids is 2. The minimum atomic E-state index is -1.57. The summed E-state index contributed by atoms with van der Waals surface area (Å²) in [6, 6.07) is -5.22. The Balaban J connectivity index is 5.40. The van der Waals surface area contributed by atoms with Crippen LogP contribution in [-0.4, -0.2) is 87.8 Å². The molecule has 0 fully saturated rings. The Hall–Kier alpha value is -2.38. The van der Waals surface area contributed by atoms with Gasteiger partial charge in [-0.3, -0.25) is 19.2 Å². The van der Waals surface area contributed by atoms with Gasteiger partial charge in [-0.25, -0.2) is 4.79 Å². The molecule has 4 atom stereocenters. The van der Waals surface area contributed by atoms with Gasteiger partial charge in [0.05, 0.1) is 19.1 Å². The minimum absolute atomic E-state index is 0.107. The molecule has 0 radical (unpaired) electrons. The average molecular weight is 451 g/mol. The van der Waals surface area contributed by atoms with E-state index in [0.29, 0.717) is 5.75 Å². The maximum absolute atomic E-state index is 12.6.